The van der Waals surface area contributed by atoms with Crippen LogP contribution in [0.5, 0.6) is 17.2 Å². The first-order valence-electron chi connectivity index (χ1n) is 10.7. The monoisotopic (exact) mass is 438 g/mol. The van der Waals surface area contributed by atoms with Crippen LogP contribution in [0, 0.1) is 11.8 Å². The van der Waals surface area contributed by atoms with Gasteiger partial charge in [-0.15, -0.1) is 0 Å². The smallest absolute Gasteiger partial charge is 0.386 e. The van der Waals surface area contributed by atoms with Gasteiger partial charge in [0.25, 0.3) is 0 Å². The fourth-order valence-corrected chi connectivity index (χ4v) is 4.49. The summed E-state index contributed by atoms with van der Waals surface area (Å²) >= 11 is 0. The molecule has 3 rings (SSSR count). The highest BCUT2D eigenvalue weighted by Gasteiger charge is 2.33. The van der Waals surface area contributed by atoms with E-state index in [-0.39, 0.29) is 0 Å². The highest BCUT2D eigenvalue weighted by atomic mass is 31.2. The van der Waals surface area contributed by atoms with Crippen molar-refractivity contribution in [3.63, 3.8) is 0 Å². The topological polar surface area (TPSA) is 44.8 Å². The summed E-state index contributed by atoms with van der Waals surface area (Å²) in [6.45, 7) is 8.69. The van der Waals surface area contributed by atoms with Crippen molar-refractivity contribution in [3.8, 4) is 17.2 Å². The van der Waals surface area contributed by atoms with Gasteiger partial charge in [0.1, 0.15) is 17.2 Å². The third kappa shape index (κ3) is 7.48. The molecular weight excluding hydrogens is 407 g/mol. The Morgan fingerprint density at radius 3 is 1.29 bits per heavy atom. The molecule has 0 aliphatic rings. The van der Waals surface area contributed by atoms with Crippen LogP contribution in [-0.2, 0) is 17.4 Å². The Kier molecular flexibility index (Phi) is 7.81. The van der Waals surface area contributed by atoms with Gasteiger partial charge in [-0.3, -0.25) is 0 Å². The predicted octanol–water partition coefficient (Wildman–Crippen LogP) is 7.73. The molecule has 0 aromatic heterocycles. The van der Waals surface area contributed by atoms with Crippen molar-refractivity contribution in [2.24, 2.45) is 11.8 Å². The summed E-state index contributed by atoms with van der Waals surface area (Å²) in [6.07, 6.45) is 1.94. The highest BCUT2D eigenvalue weighted by molar-refractivity contribution is 7.49. The van der Waals surface area contributed by atoms with Crippen LogP contribution < -0.4 is 13.6 Å². The van der Waals surface area contributed by atoms with Crippen LogP contribution in [-0.4, -0.2) is 0 Å². The van der Waals surface area contributed by atoms with Crippen LogP contribution in [0.15, 0.2) is 78.9 Å². The molecule has 0 fully saturated rings. The zero-order valence-corrected chi connectivity index (χ0v) is 19.5. The van der Waals surface area contributed by atoms with Gasteiger partial charge in [0.15, 0.2) is 0 Å². The molecule has 3 aromatic rings. The van der Waals surface area contributed by atoms with Gasteiger partial charge in [0, 0.05) is 0 Å². The molecule has 0 unspecified atom stereocenters. The number of rotatable bonds is 10. The summed E-state index contributed by atoms with van der Waals surface area (Å²) in [5.41, 5.74) is 2.39. The van der Waals surface area contributed by atoms with Crippen molar-refractivity contribution in [2.45, 2.75) is 40.5 Å². The molecule has 4 nitrogen and oxygen atoms in total. The molecule has 0 bridgehead atoms. The fourth-order valence-electron chi connectivity index (χ4n) is 3.24. The van der Waals surface area contributed by atoms with Crippen molar-refractivity contribution in [1.82, 2.24) is 0 Å². The number of phosphoric ester groups is 1. The summed E-state index contributed by atoms with van der Waals surface area (Å²) in [6, 6.07) is 24.0. The van der Waals surface area contributed by atoms with Gasteiger partial charge in [-0.05, 0) is 72.2 Å². The summed E-state index contributed by atoms with van der Waals surface area (Å²) in [7, 11) is -3.97. The number of phosphoric acid groups is 1. The molecule has 0 heterocycles. The molecule has 0 radical (unpaired) electrons. The lowest BCUT2D eigenvalue weighted by Crippen LogP contribution is -2.08. The Labute approximate surface area is 185 Å². The van der Waals surface area contributed by atoms with Crippen LogP contribution >= 0.6 is 7.82 Å². The van der Waals surface area contributed by atoms with Crippen LogP contribution in [0.1, 0.15) is 38.8 Å². The van der Waals surface area contributed by atoms with E-state index in [0.29, 0.717) is 29.1 Å². The van der Waals surface area contributed by atoms with Gasteiger partial charge >= 0.3 is 7.82 Å². The second-order valence-electron chi connectivity index (χ2n) is 8.52. The lowest BCUT2D eigenvalue weighted by atomic mass is 10.0. The summed E-state index contributed by atoms with van der Waals surface area (Å²) in [4.78, 5) is 0. The molecule has 0 saturated heterocycles. The molecule has 0 aliphatic carbocycles. The quantitative estimate of drug-likeness (QED) is 0.304. The SMILES string of the molecule is CC(C)Cc1ccc(OP(=O)(Oc2ccccc2)Oc2ccc(CC(C)C)cc2)cc1. The molecule has 0 spiro atoms. The van der Waals surface area contributed by atoms with Crippen LogP contribution in [0.25, 0.3) is 0 Å². The van der Waals surface area contributed by atoms with E-state index in [0.717, 1.165) is 12.8 Å². The van der Waals surface area contributed by atoms with Crippen LogP contribution in [0.3, 0.4) is 0 Å². The average Bonchev–Trinajstić information content (AvgIpc) is 2.71. The zero-order chi connectivity index (χ0) is 22.3. The fraction of sp³-hybridized carbons (Fsp3) is 0.308. The standard InChI is InChI=1S/C26H31O4P/c1-20(2)18-22-10-14-25(15-11-22)29-31(27,28-24-8-6-5-7-9-24)30-26-16-12-23(13-17-26)19-21(3)4/h5-17,20-21H,18-19H2,1-4H3. The largest absolute Gasteiger partial charge is 0.647 e. The van der Waals surface area contributed by atoms with Crippen LogP contribution in [0.4, 0.5) is 0 Å². The molecule has 164 valence electrons. The van der Waals surface area contributed by atoms with E-state index in [9.17, 15) is 4.57 Å². The van der Waals surface area contributed by atoms with Gasteiger partial charge in [0.2, 0.25) is 0 Å². The molecule has 0 saturated carbocycles. The number of hydrogen-bond acceptors (Lipinski definition) is 4. The molecule has 5 heteroatoms. The Bertz CT molecular complexity index is 921. The second kappa shape index (κ2) is 10.5. The molecular formula is C26H31O4P. The van der Waals surface area contributed by atoms with E-state index in [1.54, 1.807) is 48.5 Å². The molecule has 0 aliphatic heterocycles. The number of hydrogen-bond donors (Lipinski definition) is 0. The molecule has 3 aromatic carbocycles. The van der Waals surface area contributed by atoms with Gasteiger partial charge < -0.3 is 13.6 Å². The van der Waals surface area contributed by atoms with E-state index in [2.05, 4.69) is 27.7 Å². The van der Waals surface area contributed by atoms with E-state index in [4.69, 9.17) is 13.6 Å². The first-order valence-corrected chi connectivity index (χ1v) is 12.2. The normalized spacial score (nSPS) is 11.5. The molecule has 0 atom stereocenters. The number of para-hydroxylation sites is 1. The second-order valence-corrected chi connectivity index (χ2v) is 9.96. The lowest BCUT2D eigenvalue weighted by Gasteiger charge is -2.20. The third-order valence-corrected chi connectivity index (χ3v) is 5.83. The highest BCUT2D eigenvalue weighted by Crippen LogP contribution is 2.49. The maximum Gasteiger partial charge on any atom is 0.647 e. The van der Waals surface area contributed by atoms with Gasteiger partial charge in [0.05, 0.1) is 0 Å². The van der Waals surface area contributed by atoms with Crippen LogP contribution in [0.2, 0.25) is 0 Å². The van der Waals surface area contributed by atoms with Gasteiger partial charge in [-0.25, -0.2) is 0 Å². The minimum absolute atomic E-state index is 0.415. The Hall–Kier alpha value is -2.71. The maximum absolute atomic E-state index is 13.6. The minimum atomic E-state index is -3.97. The Morgan fingerprint density at radius 2 is 0.935 bits per heavy atom. The molecule has 0 N–H and O–H groups in total. The first kappa shape index (κ1) is 23.0. The van der Waals surface area contributed by atoms with Crippen molar-refractivity contribution in [2.75, 3.05) is 0 Å². The van der Waals surface area contributed by atoms with Crippen molar-refractivity contribution >= 4 is 7.82 Å². The van der Waals surface area contributed by atoms with E-state index in [1.165, 1.54) is 11.1 Å². The maximum atomic E-state index is 13.6. The molecule has 0 amide bonds. The van der Waals surface area contributed by atoms with E-state index >= 15 is 0 Å². The summed E-state index contributed by atoms with van der Waals surface area (Å²) in [5.74, 6) is 2.40. The molecule has 31 heavy (non-hydrogen) atoms. The lowest BCUT2D eigenvalue weighted by molar-refractivity contribution is 0.298. The van der Waals surface area contributed by atoms with Gasteiger partial charge in [-0.2, -0.15) is 4.57 Å². The third-order valence-electron chi connectivity index (χ3n) is 4.53. The zero-order valence-electron chi connectivity index (χ0n) is 18.7. The Morgan fingerprint density at radius 1 is 0.581 bits per heavy atom. The minimum Gasteiger partial charge on any atom is -0.386 e. The van der Waals surface area contributed by atoms with Crippen molar-refractivity contribution in [3.05, 3.63) is 90.0 Å². The van der Waals surface area contributed by atoms with Gasteiger partial charge in [-0.1, -0.05) is 70.2 Å². The number of benzene rings is 3. The summed E-state index contributed by atoms with van der Waals surface area (Å²) < 4.78 is 30.8. The average molecular weight is 439 g/mol. The van der Waals surface area contributed by atoms with E-state index < -0.39 is 7.82 Å². The van der Waals surface area contributed by atoms with Crippen molar-refractivity contribution in [1.29, 1.82) is 0 Å². The van der Waals surface area contributed by atoms with Crippen molar-refractivity contribution < 1.29 is 18.1 Å². The predicted molar refractivity (Wildman–Crippen MR) is 126 cm³/mol. The Balaban J connectivity index is 1.80. The first-order chi connectivity index (χ1) is 14.8. The summed E-state index contributed by atoms with van der Waals surface area (Å²) in [5, 5.41) is 0. The van der Waals surface area contributed by atoms with E-state index in [1.807, 2.05) is 30.3 Å².